The molecule has 0 bridgehead atoms. The van der Waals surface area contributed by atoms with Gasteiger partial charge in [-0.15, -0.1) is 0 Å². The van der Waals surface area contributed by atoms with E-state index in [4.69, 9.17) is 4.74 Å². The molecule has 0 fully saturated rings. The molecular formula is C17H27F3N4O. The predicted octanol–water partition coefficient (Wildman–Crippen LogP) is 2.63. The maximum Gasteiger partial charge on any atom is 0.390 e. The number of hydrogen-bond donors (Lipinski definition) is 2. The molecule has 0 unspecified atom stereocenters. The third-order valence-electron chi connectivity index (χ3n) is 3.33. The molecule has 2 N–H and O–H groups in total. The fourth-order valence-corrected chi connectivity index (χ4v) is 2.00. The van der Waals surface area contributed by atoms with Gasteiger partial charge in [0.25, 0.3) is 0 Å². The summed E-state index contributed by atoms with van der Waals surface area (Å²) in [4.78, 5) is 6.01. The normalized spacial score (nSPS) is 12.4. The molecule has 8 heteroatoms. The summed E-state index contributed by atoms with van der Waals surface area (Å²) in [5.41, 5.74) is 0.986. The Morgan fingerprint density at radius 3 is 2.40 bits per heavy atom. The Morgan fingerprint density at radius 1 is 1.16 bits per heavy atom. The highest BCUT2D eigenvalue weighted by molar-refractivity contribution is 5.79. The quantitative estimate of drug-likeness (QED) is 0.404. The molecule has 1 aromatic carbocycles. The summed E-state index contributed by atoms with van der Waals surface area (Å²) in [6.07, 6.45) is -4.11. The largest absolute Gasteiger partial charge is 0.494 e. The van der Waals surface area contributed by atoms with Crippen LogP contribution in [0, 0.1) is 0 Å². The smallest absolute Gasteiger partial charge is 0.390 e. The van der Waals surface area contributed by atoms with Crippen LogP contribution in [0.15, 0.2) is 29.3 Å². The van der Waals surface area contributed by atoms with Gasteiger partial charge in [-0.25, -0.2) is 0 Å². The molecule has 25 heavy (non-hydrogen) atoms. The topological polar surface area (TPSA) is 48.9 Å². The van der Waals surface area contributed by atoms with Crippen molar-refractivity contribution in [3.05, 3.63) is 29.8 Å². The van der Waals surface area contributed by atoms with E-state index >= 15 is 0 Å². The number of benzene rings is 1. The monoisotopic (exact) mass is 360 g/mol. The summed E-state index contributed by atoms with van der Waals surface area (Å²) in [6.45, 7) is 1.89. The van der Waals surface area contributed by atoms with Gasteiger partial charge < -0.3 is 20.3 Å². The summed E-state index contributed by atoms with van der Waals surface area (Å²) in [5.74, 6) is 1.14. The molecule has 0 aromatic heterocycles. The zero-order valence-corrected chi connectivity index (χ0v) is 15.0. The highest BCUT2D eigenvalue weighted by Crippen LogP contribution is 2.18. The molecule has 1 aromatic rings. The molecule has 0 saturated carbocycles. The first-order valence-corrected chi connectivity index (χ1v) is 8.18. The summed E-state index contributed by atoms with van der Waals surface area (Å²) in [5, 5.41) is 5.62. The molecule has 0 aliphatic heterocycles. The maximum absolute atomic E-state index is 12.1. The number of nitrogens with one attached hydrogen (secondary N) is 2. The molecule has 142 valence electrons. The van der Waals surface area contributed by atoms with Gasteiger partial charge >= 0.3 is 6.18 Å². The second kappa shape index (κ2) is 10.8. The number of rotatable bonds is 9. The second-order valence-electron chi connectivity index (χ2n) is 5.87. The van der Waals surface area contributed by atoms with Crippen LogP contribution in [0.4, 0.5) is 13.2 Å². The predicted molar refractivity (Wildman–Crippen MR) is 94.0 cm³/mol. The summed E-state index contributed by atoms with van der Waals surface area (Å²) in [7, 11) is 5.56. The number of aliphatic imine (C=N–C) groups is 1. The second-order valence-corrected chi connectivity index (χ2v) is 5.87. The minimum atomic E-state index is -4.17. The highest BCUT2D eigenvalue weighted by atomic mass is 19.4. The van der Waals surface area contributed by atoms with Crippen LogP contribution in [-0.4, -0.2) is 57.9 Å². The van der Waals surface area contributed by atoms with Gasteiger partial charge in [0.15, 0.2) is 5.96 Å². The Kier molecular flexibility index (Phi) is 9.12. The van der Waals surface area contributed by atoms with E-state index in [2.05, 4.69) is 20.5 Å². The van der Waals surface area contributed by atoms with E-state index in [1.165, 1.54) is 7.05 Å². The van der Waals surface area contributed by atoms with Gasteiger partial charge in [0, 0.05) is 26.7 Å². The van der Waals surface area contributed by atoms with E-state index in [1.54, 1.807) is 0 Å². The summed E-state index contributed by atoms with van der Waals surface area (Å²) < 4.78 is 42.1. The molecule has 0 spiro atoms. The van der Waals surface area contributed by atoms with Crippen LogP contribution in [0.25, 0.3) is 0 Å². The standard InChI is InChI=1S/C17H27F3N4O/c1-21-16(22-10-9-17(18,19)20)23-13-14-5-7-15(8-6-14)25-12-4-11-24(2)3/h5-8H,4,9-13H2,1-3H3,(H2,21,22,23). The van der Waals surface area contributed by atoms with Gasteiger partial charge in [-0.3, -0.25) is 4.99 Å². The van der Waals surface area contributed by atoms with Gasteiger partial charge in [-0.05, 0) is 38.2 Å². The molecular weight excluding hydrogens is 333 g/mol. The molecule has 0 atom stereocenters. The van der Waals surface area contributed by atoms with Crippen molar-refractivity contribution in [3.8, 4) is 5.75 Å². The minimum Gasteiger partial charge on any atom is -0.494 e. The van der Waals surface area contributed by atoms with E-state index in [0.29, 0.717) is 19.1 Å². The lowest BCUT2D eigenvalue weighted by Gasteiger charge is -2.13. The van der Waals surface area contributed by atoms with E-state index in [0.717, 1.165) is 24.3 Å². The first-order chi connectivity index (χ1) is 11.8. The molecule has 0 saturated heterocycles. The van der Waals surface area contributed by atoms with Crippen molar-refractivity contribution in [2.75, 3.05) is 40.8 Å². The lowest BCUT2D eigenvalue weighted by molar-refractivity contribution is -0.132. The van der Waals surface area contributed by atoms with Crippen molar-refractivity contribution in [2.45, 2.75) is 25.6 Å². The summed E-state index contributed by atoms with van der Waals surface area (Å²) in [6, 6.07) is 7.59. The maximum atomic E-state index is 12.1. The van der Waals surface area contributed by atoms with Crippen LogP contribution in [0.5, 0.6) is 5.75 Å². The third kappa shape index (κ3) is 10.5. The van der Waals surface area contributed by atoms with Crippen LogP contribution in [0.3, 0.4) is 0 Å². The van der Waals surface area contributed by atoms with Gasteiger partial charge in [0.2, 0.25) is 0 Å². The number of hydrogen-bond acceptors (Lipinski definition) is 3. The Bertz CT molecular complexity index is 516. The number of guanidine groups is 1. The molecule has 0 radical (unpaired) electrons. The molecule has 0 aliphatic rings. The van der Waals surface area contributed by atoms with E-state index in [-0.39, 0.29) is 6.54 Å². The SMILES string of the molecule is CN=C(NCCC(F)(F)F)NCc1ccc(OCCCN(C)C)cc1. The van der Waals surface area contributed by atoms with Crippen LogP contribution in [0.2, 0.25) is 0 Å². The highest BCUT2D eigenvalue weighted by Gasteiger charge is 2.26. The fraction of sp³-hybridized carbons (Fsp3) is 0.588. The Hall–Kier alpha value is -1.96. The number of halogens is 3. The average Bonchev–Trinajstić information content (AvgIpc) is 2.54. The van der Waals surface area contributed by atoms with Crippen molar-refractivity contribution in [1.29, 1.82) is 0 Å². The van der Waals surface area contributed by atoms with Gasteiger partial charge in [-0.1, -0.05) is 12.1 Å². The Balaban J connectivity index is 2.31. The van der Waals surface area contributed by atoms with Crippen LogP contribution in [-0.2, 0) is 6.54 Å². The van der Waals surface area contributed by atoms with Crippen molar-refractivity contribution in [2.24, 2.45) is 4.99 Å². The van der Waals surface area contributed by atoms with E-state index < -0.39 is 12.6 Å². The number of ether oxygens (including phenoxy) is 1. The van der Waals surface area contributed by atoms with Crippen LogP contribution < -0.4 is 15.4 Å². The van der Waals surface area contributed by atoms with Crippen LogP contribution in [0.1, 0.15) is 18.4 Å². The van der Waals surface area contributed by atoms with Crippen molar-refractivity contribution < 1.29 is 17.9 Å². The third-order valence-corrected chi connectivity index (χ3v) is 3.33. The number of alkyl halides is 3. The molecule has 0 heterocycles. The molecule has 0 amide bonds. The van der Waals surface area contributed by atoms with Crippen molar-refractivity contribution in [1.82, 2.24) is 15.5 Å². The zero-order chi connectivity index (χ0) is 18.7. The van der Waals surface area contributed by atoms with Gasteiger partial charge in [0.05, 0.1) is 13.0 Å². The van der Waals surface area contributed by atoms with Crippen LogP contribution >= 0.6 is 0 Å². The van der Waals surface area contributed by atoms with Gasteiger partial charge in [-0.2, -0.15) is 13.2 Å². The van der Waals surface area contributed by atoms with Crippen molar-refractivity contribution in [3.63, 3.8) is 0 Å². The molecule has 5 nitrogen and oxygen atoms in total. The van der Waals surface area contributed by atoms with Crippen molar-refractivity contribution >= 4 is 5.96 Å². The summed E-state index contributed by atoms with van der Waals surface area (Å²) >= 11 is 0. The van der Waals surface area contributed by atoms with E-state index in [1.807, 2.05) is 38.4 Å². The molecule has 1 rings (SSSR count). The Labute approximate surface area is 147 Å². The lowest BCUT2D eigenvalue weighted by atomic mass is 10.2. The average molecular weight is 360 g/mol. The lowest BCUT2D eigenvalue weighted by Crippen LogP contribution is -2.38. The molecule has 0 aliphatic carbocycles. The first-order valence-electron chi connectivity index (χ1n) is 8.18. The first kappa shape index (κ1) is 21.1. The van der Waals surface area contributed by atoms with Gasteiger partial charge in [0.1, 0.15) is 5.75 Å². The Morgan fingerprint density at radius 2 is 1.84 bits per heavy atom. The fourth-order valence-electron chi connectivity index (χ4n) is 2.00. The minimum absolute atomic E-state index is 0.205. The number of nitrogens with zero attached hydrogens (tertiary/aromatic N) is 2. The van der Waals surface area contributed by atoms with E-state index in [9.17, 15) is 13.2 Å². The zero-order valence-electron chi connectivity index (χ0n) is 15.0.